The first kappa shape index (κ1) is 16.3. The van der Waals surface area contributed by atoms with E-state index in [0.717, 1.165) is 11.3 Å². The lowest BCUT2D eigenvalue weighted by molar-refractivity contribution is -0.117. The van der Waals surface area contributed by atoms with Crippen molar-refractivity contribution in [2.75, 3.05) is 44.6 Å². The number of hydrogen-bond acceptors (Lipinski definition) is 4. The topological polar surface area (TPSA) is 61.9 Å². The Kier molecular flexibility index (Phi) is 5.77. The van der Waals surface area contributed by atoms with E-state index in [-0.39, 0.29) is 12.0 Å². The lowest BCUT2D eigenvalue weighted by atomic mass is 10.2. The van der Waals surface area contributed by atoms with Gasteiger partial charge in [-0.25, -0.2) is 4.79 Å². The largest absolute Gasteiger partial charge is 0.450 e. The second kappa shape index (κ2) is 7.79. The molecule has 1 N–H and O–H groups in total. The predicted octanol–water partition coefficient (Wildman–Crippen LogP) is 1.71. The van der Waals surface area contributed by atoms with Gasteiger partial charge in [-0.3, -0.25) is 9.69 Å². The molecule has 120 valence electrons. The van der Waals surface area contributed by atoms with Crippen molar-refractivity contribution in [2.45, 2.75) is 13.8 Å². The molecule has 1 aliphatic heterocycles. The maximum absolute atomic E-state index is 12.1. The molecule has 1 aromatic carbocycles. The van der Waals surface area contributed by atoms with E-state index in [2.05, 4.69) is 5.32 Å². The summed E-state index contributed by atoms with van der Waals surface area (Å²) < 4.78 is 4.98. The monoisotopic (exact) mass is 305 g/mol. The molecule has 6 nitrogen and oxygen atoms in total. The third-order valence-corrected chi connectivity index (χ3v) is 3.68. The zero-order valence-electron chi connectivity index (χ0n) is 13.2. The van der Waals surface area contributed by atoms with E-state index >= 15 is 0 Å². The number of nitrogens with one attached hydrogen (secondary N) is 1. The quantitative estimate of drug-likeness (QED) is 0.920. The second-order valence-electron chi connectivity index (χ2n) is 5.33. The molecule has 0 unspecified atom stereocenters. The fourth-order valence-corrected chi connectivity index (χ4v) is 2.41. The van der Waals surface area contributed by atoms with Crippen LogP contribution in [0.5, 0.6) is 0 Å². The van der Waals surface area contributed by atoms with E-state index in [9.17, 15) is 9.59 Å². The van der Waals surface area contributed by atoms with Crippen molar-refractivity contribution in [1.29, 1.82) is 0 Å². The zero-order valence-corrected chi connectivity index (χ0v) is 13.2. The van der Waals surface area contributed by atoms with Crippen molar-refractivity contribution < 1.29 is 14.3 Å². The lowest BCUT2D eigenvalue weighted by Crippen LogP contribution is -2.50. The molecule has 2 rings (SSSR count). The van der Waals surface area contributed by atoms with Crippen LogP contribution in [0.25, 0.3) is 0 Å². The van der Waals surface area contributed by atoms with Gasteiger partial charge in [-0.2, -0.15) is 0 Å². The molecular weight excluding hydrogens is 282 g/mol. The summed E-state index contributed by atoms with van der Waals surface area (Å²) in [6.45, 7) is 7.04. The second-order valence-corrected chi connectivity index (χ2v) is 5.33. The summed E-state index contributed by atoms with van der Waals surface area (Å²) >= 11 is 0. The molecule has 1 saturated heterocycles. The number of rotatable bonds is 4. The Labute approximate surface area is 131 Å². The summed E-state index contributed by atoms with van der Waals surface area (Å²) in [5, 5.41) is 2.93. The van der Waals surface area contributed by atoms with Crippen LogP contribution >= 0.6 is 0 Å². The van der Waals surface area contributed by atoms with Crippen molar-refractivity contribution in [1.82, 2.24) is 9.80 Å². The van der Waals surface area contributed by atoms with Gasteiger partial charge in [0.2, 0.25) is 5.91 Å². The van der Waals surface area contributed by atoms with Gasteiger partial charge in [0.25, 0.3) is 0 Å². The Morgan fingerprint density at radius 2 is 1.86 bits per heavy atom. The van der Waals surface area contributed by atoms with Gasteiger partial charge in [0.15, 0.2) is 0 Å². The molecule has 22 heavy (non-hydrogen) atoms. The third-order valence-electron chi connectivity index (χ3n) is 3.68. The number of ether oxygens (including phenoxy) is 1. The van der Waals surface area contributed by atoms with Crippen LogP contribution in [0.4, 0.5) is 10.5 Å². The van der Waals surface area contributed by atoms with Crippen LogP contribution in [0.2, 0.25) is 0 Å². The van der Waals surface area contributed by atoms with Crippen LogP contribution in [0.3, 0.4) is 0 Å². The Morgan fingerprint density at radius 1 is 1.18 bits per heavy atom. The van der Waals surface area contributed by atoms with Crippen LogP contribution in [-0.2, 0) is 9.53 Å². The summed E-state index contributed by atoms with van der Waals surface area (Å²) in [7, 11) is 0. The highest BCUT2D eigenvalue weighted by Crippen LogP contribution is 2.13. The van der Waals surface area contributed by atoms with E-state index in [1.165, 1.54) is 0 Å². The minimum absolute atomic E-state index is 0.0288. The van der Waals surface area contributed by atoms with E-state index in [1.807, 2.05) is 36.1 Å². The number of piperazine rings is 1. The van der Waals surface area contributed by atoms with Crippen LogP contribution in [0.15, 0.2) is 24.3 Å². The highest BCUT2D eigenvalue weighted by Gasteiger charge is 2.23. The molecule has 0 saturated carbocycles. The molecule has 2 amide bonds. The first-order chi connectivity index (χ1) is 10.6. The fraction of sp³-hybridized carbons (Fsp3) is 0.500. The molecule has 0 spiro atoms. The summed E-state index contributed by atoms with van der Waals surface area (Å²) in [4.78, 5) is 27.4. The van der Waals surface area contributed by atoms with Crippen molar-refractivity contribution in [3.05, 3.63) is 29.8 Å². The third kappa shape index (κ3) is 4.46. The van der Waals surface area contributed by atoms with E-state index in [0.29, 0.717) is 39.3 Å². The normalized spacial score (nSPS) is 15.5. The maximum Gasteiger partial charge on any atom is 0.409 e. The Morgan fingerprint density at radius 3 is 2.50 bits per heavy atom. The first-order valence-corrected chi connectivity index (χ1v) is 7.59. The summed E-state index contributed by atoms with van der Waals surface area (Å²) in [6.07, 6.45) is -0.272. The number of benzene rings is 1. The van der Waals surface area contributed by atoms with Gasteiger partial charge in [-0.1, -0.05) is 18.2 Å². The fourth-order valence-electron chi connectivity index (χ4n) is 2.41. The number of aryl methyl sites for hydroxylation is 1. The smallest absolute Gasteiger partial charge is 0.409 e. The van der Waals surface area contributed by atoms with Crippen LogP contribution in [0, 0.1) is 6.92 Å². The Bertz CT molecular complexity index is 525. The number of hydrogen-bond donors (Lipinski definition) is 1. The highest BCUT2D eigenvalue weighted by atomic mass is 16.6. The number of carbonyl (C=O) groups is 2. The number of carbonyl (C=O) groups excluding carboxylic acids is 2. The molecule has 1 fully saturated rings. The van der Waals surface area contributed by atoms with Gasteiger partial charge >= 0.3 is 6.09 Å². The summed E-state index contributed by atoms with van der Waals surface area (Å²) in [6, 6.07) is 7.71. The molecule has 1 aliphatic rings. The van der Waals surface area contributed by atoms with E-state index < -0.39 is 0 Å². The SMILES string of the molecule is CCOC(=O)N1CCN(CC(=O)Nc2ccccc2C)CC1. The molecule has 0 bridgehead atoms. The van der Waals surface area contributed by atoms with E-state index in [4.69, 9.17) is 4.74 Å². The van der Waals surface area contributed by atoms with Crippen molar-refractivity contribution >= 4 is 17.7 Å². The first-order valence-electron chi connectivity index (χ1n) is 7.59. The minimum Gasteiger partial charge on any atom is -0.450 e. The molecule has 1 heterocycles. The molecule has 0 aromatic heterocycles. The zero-order chi connectivity index (χ0) is 15.9. The van der Waals surface area contributed by atoms with Gasteiger partial charge in [0, 0.05) is 31.9 Å². The highest BCUT2D eigenvalue weighted by molar-refractivity contribution is 5.92. The average molecular weight is 305 g/mol. The van der Waals surface area contributed by atoms with Gasteiger partial charge in [-0.05, 0) is 25.5 Å². The predicted molar refractivity (Wildman–Crippen MR) is 84.8 cm³/mol. The molecule has 0 atom stereocenters. The van der Waals surface area contributed by atoms with Crippen LogP contribution in [0.1, 0.15) is 12.5 Å². The Balaban J connectivity index is 1.77. The minimum atomic E-state index is -0.272. The number of nitrogens with zero attached hydrogens (tertiary/aromatic N) is 2. The van der Waals surface area contributed by atoms with E-state index in [1.54, 1.807) is 11.8 Å². The van der Waals surface area contributed by atoms with Crippen molar-refractivity contribution in [3.8, 4) is 0 Å². The lowest BCUT2D eigenvalue weighted by Gasteiger charge is -2.33. The number of anilines is 1. The summed E-state index contributed by atoms with van der Waals surface area (Å²) in [5.41, 5.74) is 1.89. The van der Waals surface area contributed by atoms with Crippen LogP contribution in [-0.4, -0.2) is 61.1 Å². The standard InChI is InChI=1S/C16H23N3O3/c1-3-22-16(21)19-10-8-18(9-11-19)12-15(20)17-14-7-5-4-6-13(14)2/h4-7H,3,8-12H2,1-2H3,(H,17,20). The van der Waals surface area contributed by atoms with Gasteiger partial charge in [-0.15, -0.1) is 0 Å². The molecule has 1 aromatic rings. The van der Waals surface area contributed by atoms with Gasteiger partial charge < -0.3 is 15.0 Å². The number of amides is 2. The van der Waals surface area contributed by atoms with Crippen LogP contribution < -0.4 is 5.32 Å². The molecule has 0 radical (unpaired) electrons. The average Bonchev–Trinajstić information content (AvgIpc) is 2.50. The van der Waals surface area contributed by atoms with Gasteiger partial charge in [0.1, 0.15) is 0 Å². The Hall–Kier alpha value is -2.08. The molecule has 6 heteroatoms. The molecular formula is C16H23N3O3. The maximum atomic E-state index is 12.1. The van der Waals surface area contributed by atoms with Crippen molar-refractivity contribution in [3.63, 3.8) is 0 Å². The molecule has 0 aliphatic carbocycles. The van der Waals surface area contributed by atoms with Crippen molar-refractivity contribution in [2.24, 2.45) is 0 Å². The van der Waals surface area contributed by atoms with Gasteiger partial charge in [0.05, 0.1) is 13.2 Å². The number of para-hydroxylation sites is 1. The summed E-state index contributed by atoms with van der Waals surface area (Å²) in [5.74, 6) is -0.0288.